The Hall–Kier alpha value is -1.10. The van der Waals surface area contributed by atoms with Crippen LogP contribution in [-0.4, -0.2) is 35.8 Å². The van der Waals surface area contributed by atoms with E-state index in [4.69, 9.17) is 11.5 Å². The predicted octanol–water partition coefficient (Wildman–Crippen LogP) is 0.228. The van der Waals surface area contributed by atoms with Crippen molar-refractivity contribution >= 4 is 11.8 Å². The number of hydrogen-bond donors (Lipinski definition) is 2. The van der Waals surface area contributed by atoms with Crippen molar-refractivity contribution in [3.63, 3.8) is 0 Å². The van der Waals surface area contributed by atoms with Gasteiger partial charge in [-0.25, -0.2) is 0 Å². The van der Waals surface area contributed by atoms with E-state index in [1.807, 2.05) is 13.8 Å². The van der Waals surface area contributed by atoms with Gasteiger partial charge in [0.05, 0.1) is 12.6 Å². The van der Waals surface area contributed by atoms with Crippen molar-refractivity contribution in [1.82, 2.24) is 4.90 Å². The molecule has 4 N–H and O–H groups in total. The molecule has 0 fully saturated rings. The molecule has 0 bridgehead atoms. The van der Waals surface area contributed by atoms with Gasteiger partial charge in [-0.15, -0.1) is 0 Å². The topological polar surface area (TPSA) is 89.4 Å². The van der Waals surface area contributed by atoms with Crippen molar-refractivity contribution in [2.75, 3.05) is 13.1 Å². The number of nitrogens with two attached hydrogens (primary N) is 2. The lowest BCUT2D eigenvalue weighted by atomic mass is 10.1. The molecule has 0 saturated carbocycles. The molecule has 0 aliphatic rings. The molecule has 1 atom stereocenters. The first-order valence-electron chi connectivity index (χ1n) is 5.85. The number of nitrogens with zero attached hydrogens (tertiary/aromatic N) is 1. The van der Waals surface area contributed by atoms with Crippen LogP contribution in [0.2, 0.25) is 0 Å². The summed E-state index contributed by atoms with van der Waals surface area (Å²) < 4.78 is 0. The Balaban J connectivity index is 4.35. The number of primary amides is 1. The average Bonchev–Trinajstić information content (AvgIpc) is 2.23. The van der Waals surface area contributed by atoms with E-state index in [0.29, 0.717) is 13.0 Å². The Bertz CT molecular complexity index is 231. The SMILES string of the molecule is CCCCN(CC(N)=O)C(=O)C(N)CCC. The van der Waals surface area contributed by atoms with E-state index in [0.717, 1.165) is 19.3 Å². The minimum Gasteiger partial charge on any atom is -0.368 e. The first-order valence-corrected chi connectivity index (χ1v) is 5.85. The highest BCUT2D eigenvalue weighted by Crippen LogP contribution is 2.02. The predicted molar refractivity (Wildman–Crippen MR) is 63.6 cm³/mol. The largest absolute Gasteiger partial charge is 0.368 e. The zero-order valence-electron chi connectivity index (χ0n) is 10.2. The third kappa shape index (κ3) is 5.70. The first-order chi connectivity index (χ1) is 7.52. The number of hydrogen-bond acceptors (Lipinski definition) is 3. The van der Waals surface area contributed by atoms with E-state index in [-0.39, 0.29) is 12.5 Å². The molecule has 0 aliphatic carbocycles. The smallest absolute Gasteiger partial charge is 0.239 e. The minimum atomic E-state index is -0.513. The standard InChI is InChI=1S/C11H23N3O2/c1-3-5-7-14(8-10(13)15)11(16)9(12)6-4-2/h9H,3-8,12H2,1-2H3,(H2,13,15). The van der Waals surface area contributed by atoms with Gasteiger partial charge in [0.25, 0.3) is 0 Å². The van der Waals surface area contributed by atoms with E-state index in [9.17, 15) is 9.59 Å². The van der Waals surface area contributed by atoms with Crippen LogP contribution in [0.4, 0.5) is 0 Å². The molecule has 0 rings (SSSR count). The molecule has 0 spiro atoms. The van der Waals surface area contributed by atoms with Gasteiger partial charge >= 0.3 is 0 Å². The fraction of sp³-hybridized carbons (Fsp3) is 0.818. The third-order valence-electron chi connectivity index (χ3n) is 2.36. The van der Waals surface area contributed by atoms with Gasteiger partial charge in [0.15, 0.2) is 0 Å². The van der Waals surface area contributed by atoms with Crippen molar-refractivity contribution in [3.8, 4) is 0 Å². The summed E-state index contributed by atoms with van der Waals surface area (Å²) in [5.74, 6) is -0.665. The first kappa shape index (κ1) is 14.9. The molecule has 0 radical (unpaired) electrons. The van der Waals surface area contributed by atoms with Crippen molar-refractivity contribution in [1.29, 1.82) is 0 Å². The van der Waals surface area contributed by atoms with Gasteiger partial charge in [0.1, 0.15) is 0 Å². The average molecular weight is 229 g/mol. The van der Waals surface area contributed by atoms with Crippen molar-refractivity contribution in [2.24, 2.45) is 11.5 Å². The fourth-order valence-electron chi connectivity index (χ4n) is 1.47. The maximum absolute atomic E-state index is 11.9. The summed E-state index contributed by atoms with van der Waals surface area (Å²) in [6.45, 7) is 4.52. The van der Waals surface area contributed by atoms with Gasteiger partial charge in [-0.1, -0.05) is 26.7 Å². The Morgan fingerprint density at radius 2 is 1.88 bits per heavy atom. The monoisotopic (exact) mass is 229 g/mol. The second-order valence-corrected chi connectivity index (χ2v) is 3.97. The zero-order valence-corrected chi connectivity index (χ0v) is 10.2. The third-order valence-corrected chi connectivity index (χ3v) is 2.36. The van der Waals surface area contributed by atoms with Gasteiger partial charge < -0.3 is 16.4 Å². The number of carbonyl (C=O) groups excluding carboxylic acids is 2. The van der Waals surface area contributed by atoms with E-state index in [1.54, 1.807) is 0 Å². The van der Waals surface area contributed by atoms with Crippen molar-refractivity contribution in [3.05, 3.63) is 0 Å². The Morgan fingerprint density at radius 1 is 1.25 bits per heavy atom. The molecule has 0 aromatic carbocycles. The molecule has 0 aliphatic heterocycles. The minimum absolute atomic E-state index is 0.0315. The summed E-state index contributed by atoms with van der Waals surface area (Å²) in [6.07, 6.45) is 3.31. The lowest BCUT2D eigenvalue weighted by molar-refractivity contribution is -0.136. The van der Waals surface area contributed by atoms with Gasteiger partial charge in [-0.3, -0.25) is 9.59 Å². The maximum atomic E-state index is 11.9. The molecular formula is C11H23N3O2. The van der Waals surface area contributed by atoms with Crippen molar-refractivity contribution < 1.29 is 9.59 Å². The molecule has 0 heterocycles. The van der Waals surface area contributed by atoms with Crippen LogP contribution in [0.1, 0.15) is 39.5 Å². The molecule has 0 aromatic rings. The quantitative estimate of drug-likeness (QED) is 0.624. The molecule has 2 amide bonds. The van der Waals surface area contributed by atoms with Gasteiger partial charge in [0.2, 0.25) is 11.8 Å². The second-order valence-electron chi connectivity index (χ2n) is 3.97. The highest BCUT2D eigenvalue weighted by Gasteiger charge is 2.20. The van der Waals surface area contributed by atoms with Crippen LogP contribution in [0.25, 0.3) is 0 Å². The fourth-order valence-corrected chi connectivity index (χ4v) is 1.47. The normalized spacial score (nSPS) is 12.2. The van der Waals surface area contributed by atoms with Crippen LogP contribution in [0.15, 0.2) is 0 Å². The van der Waals surface area contributed by atoms with Crippen LogP contribution in [0, 0.1) is 0 Å². The van der Waals surface area contributed by atoms with Crippen LogP contribution in [0.3, 0.4) is 0 Å². The summed E-state index contributed by atoms with van der Waals surface area (Å²) in [6, 6.07) is -0.513. The van der Waals surface area contributed by atoms with Gasteiger partial charge in [-0.2, -0.15) is 0 Å². The lowest BCUT2D eigenvalue weighted by Crippen LogP contribution is -2.47. The lowest BCUT2D eigenvalue weighted by Gasteiger charge is -2.24. The number of rotatable bonds is 8. The highest BCUT2D eigenvalue weighted by molar-refractivity contribution is 5.86. The van der Waals surface area contributed by atoms with Crippen LogP contribution in [0.5, 0.6) is 0 Å². The van der Waals surface area contributed by atoms with E-state index in [1.165, 1.54) is 4.90 Å². The van der Waals surface area contributed by atoms with Crippen LogP contribution < -0.4 is 11.5 Å². The zero-order chi connectivity index (χ0) is 12.6. The molecule has 16 heavy (non-hydrogen) atoms. The van der Waals surface area contributed by atoms with Gasteiger partial charge in [0, 0.05) is 6.54 Å². The Labute approximate surface area is 97.2 Å². The molecule has 0 aromatic heterocycles. The summed E-state index contributed by atoms with van der Waals surface area (Å²) in [7, 11) is 0. The van der Waals surface area contributed by atoms with E-state index in [2.05, 4.69) is 0 Å². The number of carbonyl (C=O) groups is 2. The molecule has 1 unspecified atom stereocenters. The van der Waals surface area contributed by atoms with Crippen LogP contribution >= 0.6 is 0 Å². The summed E-state index contributed by atoms with van der Waals surface area (Å²) in [5, 5.41) is 0. The number of amides is 2. The van der Waals surface area contributed by atoms with E-state index >= 15 is 0 Å². The summed E-state index contributed by atoms with van der Waals surface area (Å²) in [4.78, 5) is 24.2. The molecule has 5 nitrogen and oxygen atoms in total. The Morgan fingerprint density at radius 3 is 2.31 bits per heavy atom. The number of unbranched alkanes of at least 4 members (excludes halogenated alkanes) is 1. The van der Waals surface area contributed by atoms with Gasteiger partial charge in [-0.05, 0) is 12.8 Å². The highest BCUT2D eigenvalue weighted by atomic mass is 16.2. The van der Waals surface area contributed by atoms with Crippen molar-refractivity contribution in [2.45, 2.75) is 45.6 Å². The van der Waals surface area contributed by atoms with Crippen LogP contribution in [-0.2, 0) is 9.59 Å². The molecule has 5 heteroatoms. The Kier molecular flexibility index (Phi) is 7.54. The molecule has 0 saturated heterocycles. The summed E-state index contributed by atoms with van der Waals surface area (Å²) in [5.41, 5.74) is 10.8. The summed E-state index contributed by atoms with van der Waals surface area (Å²) >= 11 is 0. The maximum Gasteiger partial charge on any atom is 0.239 e. The molecule has 94 valence electrons. The second kappa shape index (κ2) is 8.10. The van der Waals surface area contributed by atoms with E-state index < -0.39 is 11.9 Å². The molecular weight excluding hydrogens is 206 g/mol.